The van der Waals surface area contributed by atoms with E-state index in [2.05, 4.69) is 58.5 Å². The number of aromatic amines is 1. The molecule has 0 saturated heterocycles. The molecule has 26 heavy (non-hydrogen) atoms. The molecule has 1 unspecified atom stereocenters. The van der Waals surface area contributed by atoms with Crippen LogP contribution in [0.15, 0.2) is 27.8 Å². The van der Waals surface area contributed by atoms with E-state index in [0.29, 0.717) is 30.6 Å². The lowest BCUT2D eigenvalue weighted by Gasteiger charge is -2.18. The van der Waals surface area contributed by atoms with E-state index in [1.807, 2.05) is 12.1 Å². The number of rotatable bonds is 9. The van der Waals surface area contributed by atoms with Gasteiger partial charge in [-0.3, -0.25) is 10.1 Å². The van der Waals surface area contributed by atoms with Gasteiger partial charge in [-0.2, -0.15) is 5.10 Å². The number of aromatic nitrogens is 3. The second-order valence-corrected chi connectivity index (χ2v) is 6.61. The van der Waals surface area contributed by atoms with E-state index >= 15 is 0 Å². The van der Waals surface area contributed by atoms with Gasteiger partial charge in [0.2, 0.25) is 5.82 Å². The second kappa shape index (κ2) is 11.9. The Labute approximate surface area is 172 Å². The summed E-state index contributed by atoms with van der Waals surface area (Å²) in [5.74, 6) is 3.62. The number of hydrogen-bond acceptors (Lipinski definition) is 4. The van der Waals surface area contributed by atoms with Gasteiger partial charge >= 0.3 is 0 Å². The Bertz CT molecular complexity index is 638. The zero-order valence-electron chi connectivity index (χ0n) is 16.1. The highest BCUT2D eigenvalue weighted by Crippen LogP contribution is 2.14. The van der Waals surface area contributed by atoms with E-state index < -0.39 is 0 Å². The van der Waals surface area contributed by atoms with Crippen molar-refractivity contribution in [2.75, 3.05) is 13.1 Å². The minimum atomic E-state index is 0. The van der Waals surface area contributed by atoms with Gasteiger partial charge in [-0.25, -0.2) is 4.98 Å². The Morgan fingerprint density at radius 1 is 1.31 bits per heavy atom. The molecule has 3 N–H and O–H groups in total. The number of H-pyrrole nitrogens is 1. The smallest absolute Gasteiger partial charge is 0.216 e. The van der Waals surface area contributed by atoms with Crippen molar-refractivity contribution in [2.45, 2.75) is 53.0 Å². The van der Waals surface area contributed by atoms with Crippen LogP contribution in [0.25, 0.3) is 11.6 Å². The molecule has 146 valence electrons. The molecule has 0 bridgehead atoms. The van der Waals surface area contributed by atoms with Crippen LogP contribution >= 0.6 is 24.0 Å². The highest BCUT2D eigenvalue weighted by atomic mass is 127. The number of nitrogens with zero attached hydrogens (tertiary/aromatic N) is 3. The second-order valence-electron chi connectivity index (χ2n) is 6.61. The molecule has 0 radical (unpaired) electrons. The minimum Gasteiger partial charge on any atom is -0.461 e. The van der Waals surface area contributed by atoms with E-state index in [9.17, 15) is 0 Å². The molecule has 0 aliphatic heterocycles. The molecule has 0 aliphatic carbocycles. The van der Waals surface area contributed by atoms with Crippen LogP contribution < -0.4 is 10.6 Å². The molecule has 2 aromatic rings. The van der Waals surface area contributed by atoms with Crippen LogP contribution in [0.4, 0.5) is 0 Å². The molecular formula is C18H31IN6O. The molecule has 0 amide bonds. The van der Waals surface area contributed by atoms with Crippen molar-refractivity contribution in [3.8, 4) is 11.6 Å². The molecule has 2 aromatic heterocycles. The van der Waals surface area contributed by atoms with Gasteiger partial charge in [0.05, 0.1) is 6.26 Å². The Hall–Kier alpha value is -1.58. The first kappa shape index (κ1) is 22.5. The van der Waals surface area contributed by atoms with Crippen molar-refractivity contribution in [2.24, 2.45) is 10.9 Å². The fraction of sp³-hybridized carbons (Fsp3) is 0.611. The van der Waals surface area contributed by atoms with Gasteiger partial charge < -0.3 is 15.1 Å². The third-order valence-corrected chi connectivity index (χ3v) is 3.80. The summed E-state index contributed by atoms with van der Waals surface area (Å²) in [6.07, 6.45) is 4.66. The predicted octanol–water partition coefficient (Wildman–Crippen LogP) is 3.61. The van der Waals surface area contributed by atoms with Gasteiger partial charge in [0, 0.05) is 25.6 Å². The molecule has 2 rings (SSSR count). The lowest BCUT2D eigenvalue weighted by atomic mass is 10.0. The van der Waals surface area contributed by atoms with Gasteiger partial charge in [0.25, 0.3) is 0 Å². The topological polar surface area (TPSA) is 91.1 Å². The fourth-order valence-corrected chi connectivity index (χ4v) is 2.41. The zero-order valence-corrected chi connectivity index (χ0v) is 18.4. The summed E-state index contributed by atoms with van der Waals surface area (Å²) < 4.78 is 5.30. The van der Waals surface area contributed by atoms with Crippen LogP contribution in [0.3, 0.4) is 0 Å². The normalized spacial score (nSPS) is 12.7. The third-order valence-electron chi connectivity index (χ3n) is 3.80. The molecule has 0 fully saturated rings. The van der Waals surface area contributed by atoms with Crippen LogP contribution in [0, 0.1) is 5.92 Å². The van der Waals surface area contributed by atoms with Crippen LogP contribution in [0.2, 0.25) is 0 Å². The first-order valence-corrected chi connectivity index (χ1v) is 9.08. The Balaban J connectivity index is 0.00000338. The molecule has 0 saturated carbocycles. The van der Waals surface area contributed by atoms with Crippen LogP contribution in [0.1, 0.15) is 46.4 Å². The van der Waals surface area contributed by atoms with Gasteiger partial charge in [-0.05, 0) is 44.7 Å². The van der Waals surface area contributed by atoms with E-state index in [1.165, 1.54) is 6.42 Å². The van der Waals surface area contributed by atoms with Crippen molar-refractivity contribution in [3.63, 3.8) is 0 Å². The predicted molar refractivity (Wildman–Crippen MR) is 116 cm³/mol. The lowest BCUT2D eigenvalue weighted by Crippen LogP contribution is -2.42. The molecule has 0 aromatic carbocycles. The van der Waals surface area contributed by atoms with Crippen molar-refractivity contribution in [1.29, 1.82) is 0 Å². The van der Waals surface area contributed by atoms with Crippen LogP contribution in [-0.4, -0.2) is 40.3 Å². The van der Waals surface area contributed by atoms with Gasteiger partial charge in [0.15, 0.2) is 11.7 Å². The molecular weight excluding hydrogens is 443 g/mol. The van der Waals surface area contributed by atoms with E-state index in [4.69, 9.17) is 4.42 Å². The molecule has 2 heterocycles. The largest absolute Gasteiger partial charge is 0.461 e. The van der Waals surface area contributed by atoms with Gasteiger partial charge in [-0.1, -0.05) is 13.8 Å². The summed E-state index contributed by atoms with van der Waals surface area (Å²) in [6, 6.07) is 4.07. The standard InChI is InChI=1S/C18H30N6O.HI/c1-5-19-18(21-14(4)9-8-13(2)3)20-11-10-16-22-17(24-23-16)15-7-6-12-25-15;/h6-7,12-14H,5,8-11H2,1-4H3,(H2,19,20,21)(H,22,23,24);1H. The maximum absolute atomic E-state index is 5.30. The average molecular weight is 474 g/mol. The Morgan fingerprint density at radius 2 is 2.12 bits per heavy atom. The molecule has 1 atom stereocenters. The zero-order chi connectivity index (χ0) is 18.1. The Morgan fingerprint density at radius 3 is 2.77 bits per heavy atom. The number of nitrogens with one attached hydrogen (secondary N) is 3. The van der Waals surface area contributed by atoms with Crippen molar-refractivity contribution < 1.29 is 4.42 Å². The highest BCUT2D eigenvalue weighted by Gasteiger charge is 2.09. The summed E-state index contributed by atoms with van der Waals surface area (Å²) in [6.45, 7) is 10.2. The molecule has 0 spiro atoms. The number of halogens is 1. The molecule has 8 heteroatoms. The van der Waals surface area contributed by atoms with Crippen molar-refractivity contribution >= 4 is 29.9 Å². The van der Waals surface area contributed by atoms with Crippen molar-refractivity contribution in [1.82, 2.24) is 25.8 Å². The average Bonchev–Trinajstić information content (AvgIpc) is 3.24. The number of guanidine groups is 1. The number of furan rings is 1. The molecule has 0 aliphatic rings. The van der Waals surface area contributed by atoms with E-state index in [1.54, 1.807) is 6.26 Å². The summed E-state index contributed by atoms with van der Waals surface area (Å²) in [7, 11) is 0. The maximum Gasteiger partial charge on any atom is 0.216 e. The minimum absolute atomic E-state index is 0. The number of aliphatic imine (C=N–C) groups is 1. The third kappa shape index (κ3) is 7.76. The summed E-state index contributed by atoms with van der Waals surface area (Å²) >= 11 is 0. The monoisotopic (exact) mass is 474 g/mol. The van der Waals surface area contributed by atoms with Crippen molar-refractivity contribution in [3.05, 3.63) is 24.2 Å². The highest BCUT2D eigenvalue weighted by molar-refractivity contribution is 14.0. The summed E-state index contributed by atoms with van der Waals surface area (Å²) in [5.41, 5.74) is 0. The maximum atomic E-state index is 5.30. The summed E-state index contributed by atoms with van der Waals surface area (Å²) in [5, 5.41) is 13.9. The lowest BCUT2D eigenvalue weighted by molar-refractivity contribution is 0.489. The SMILES string of the molecule is CCNC(=NCCc1nc(-c2ccco2)n[nH]1)NC(C)CCC(C)C.I. The molecule has 7 nitrogen and oxygen atoms in total. The van der Waals surface area contributed by atoms with Crippen LogP contribution in [-0.2, 0) is 6.42 Å². The van der Waals surface area contributed by atoms with Gasteiger partial charge in [0.1, 0.15) is 5.82 Å². The van der Waals surface area contributed by atoms with Crippen LogP contribution in [0.5, 0.6) is 0 Å². The van der Waals surface area contributed by atoms with Gasteiger partial charge in [-0.15, -0.1) is 24.0 Å². The fourth-order valence-electron chi connectivity index (χ4n) is 2.41. The van der Waals surface area contributed by atoms with E-state index in [0.717, 1.165) is 30.7 Å². The Kier molecular flexibility index (Phi) is 10.3. The first-order valence-electron chi connectivity index (χ1n) is 9.08. The number of hydrogen-bond donors (Lipinski definition) is 3. The first-order chi connectivity index (χ1) is 12.1. The summed E-state index contributed by atoms with van der Waals surface area (Å²) in [4.78, 5) is 9.07. The van der Waals surface area contributed by atoms with E-state index in [-0.39, 0.29) is 24.0 Å². The quantitative estimate of drug-likeness (QED) is 0.294.